The van der Waals surface area contributed by atoms with Crippen molar-refractivity contribution in [3.05, 3.63) is 53.1 Å². The second-order valence-electron chi connectivity index (χ2n) is 6.81. The van der Waals surface area contributed by atoms with Crippen LogP contribution in [-0.2, 0) is 6.54 Å². The first-order chi connectivity index (χ1) is 14.2. The smallest absolute Gasteiger partial charge is 0.187 e. The largest absolute Gasteiger partial charge is 0.330 e. The number of nitrogens with zero attached hydrogens (tertiary/aromatic N) is 6. The Labute approximate surface area is 178 Å². The standard InChI is InChI=1S/C20H21N7S2/c1-28-19-23-9-14(10-24-19)12-27-7-3-2-4-18(27)17-13-29-20(26-17)25-16-6-5-15(8-21)22-11-16/h5-6,9-11,13,18H,2-4,7,12H2,1H3,(H,25,26)/t18-/m0/s1. The Morgan fingerprint density at radius 1 is 1.24 bits per heavy atom. The Bertz CT molecular complexity index is 979. The molecule has 4 heterocycles. The van der Waals surface area contributed by atoms with E-state index >= 15 is 0 Å². The third kappa shape index (κ3) is 4.90. The second kappa shape index (κ2) is 9.31. The number of nitrogens with one attached hydrogen (secondary N) is 1. The predicted octanol–water partition coefficient (Wildman–Crippen LogP) is 4.39. The monoisotopic (exact) mass is 423 g/mol. The number of pyridine rings is 1. The molecular formula is C20H21N7S2. The van der Waals surface area contributed by atoms with Gasteiger partial charge in [0, 0.05) is 29.9 Å². The molecular weight excluding hydrogens is 402 g/mol. The summed E-state index contributed by atoms with van der Waals surface area (Å²) in [6.07, 6.45) is 11.0. The Hall–Kier alpha value is -2.54. The number of hydrogen-bond donors (Lipinski definition) is 1. The van der Waals surface area contributed by atoms with Crippen LogP contribution in [-0.4, -0.2) is 37.6 Å². The van der Waals surface area contributed by atoms with E-state index in [1.54, 1.807) is 35.4 Å². The zero-order chi connectivity index (χ0) is 20.1. The van der Waals surface area contributed by atoms with Gasteiger partial charge in [-0.25, -0.2) is 19.9 Å². The number of thiazole rings is 1. The molecule has 1 aliphatic rings. The predicted molar refractivity (Wildman–Crippen MR) is 115 cm³/mol. The molecule has 0 unspecified atom stereocenters. The van der Waals surface area contributed by atoms with Gasteiger partial charge in [0.05, 0.1) is 23.6 Å². The van der Waals surface area contributed by atoms with E-state index < -0.39 is 0 Å². The molecule has 0 amide bonds. The van der Waals surface area contributed by atoms with Crippen LogP contribution in [0.25, 0.3) is 0 Å². The van der Waals surface area contributed by atoms with Gasteiger partial charge in [-0.2, -0.15) is 5.26 Å². The molecule has 1 saturated heterocycles. The number of nitriles is 1. The van der Waals surface area contributed by atoms with Crippen LogP contribution in [0, 0.1) is 11.3 Å². The van der Waals surface area contributed by atoms with E-state index in [1.165, 1.54) is 12.8 Å². The maximum Gasteiger partial charge on any atom is 0.187 e. The molecule has 0 saturated carbocycles. The molecule has 4 rings (SSSR count). The SMILES string of the molecule is CSc1ncc(CN2CCCC[C@H]2c2csc(Nc3ccc(C#N)nc3)n2)cn1. The normalized spacial score (nSPS) is 17.0. The third-order valence-corrected chi connectivity index (χ3v) is 6.21. The van der Waals surface area contributed by atoms with Crippen LogP contribution in [0.3, 0.4) is 0 Å². The molecule has 29 heavy (non-hydrogen) atoms. The molecule has 0 radical (unpaired) electrons. The van der Waals surface area contributed by atoms with Crippen LogP contribution < -0.4 is 5.32 Å². The summed E-state index contributed by atoms with van der Waals surface area (Å²) < 4.78 is 0. The quantitative estimate of drug-likeness (QED) is 0.461. The maximum absolute atomic E-state index is 8.87. The summed E-state index contributed by atoms with van der Waals surface area (Å²) >= 11 is 3.15. The highest BCUT2D eigenvalue weighted by Crippen LogP contribution is 2.34. The Morgan fingerprint density at radius 3 is 2.83 bits per heavy atom. The van der Waals surface area contributed by atoms with Crippen molar-refractivity contribution in [3.8, 4) is 6.07 Å². The lowest BCUT2D eigenvalue weighted by atomic mass is 9.99. The number of anilines is 2. The number of thioether (sulfide) groups is 1. The summed E-state index contributed by atoms with van der Waals surface area (Å²) in [5.41, 5.74) is 3.46. The van der Waals surface area contributed by atoms with Crippen LogP contribution in [0.15, 0.2) is 41.3 Å². The van der Waals surface area contributed by atoms with Crippen molar-refractivity contribution in [1.29, 1.82) is 5.26 Å². The van der Waals surface area contributed by atoms with Gasteiger partial charge in [0.15, 0.2) is 10.3 Å². The minimum absolute atomic E-state index is 0.301. The van der Waals surface area contributed by atoms with Gasteiger partial charge in [0.25, 0.3) is 0 Å². The van der Waals surface area contributed by atoms with E-state index in [0.29, 0.717) is 11.7 Å². The molecule has 0 aliphatic carbocycles. The van der Waals surface area contributed by atoms with Gasteiger partial charge in [-0.05, 0) is 37.8 Å². The van der Waals surface area contributed by atoms with Crippen molar-refractivity contribution in [2.24, 2.45) is 0 Å². The molecule has 0 bridgehead atoms. The van der Waals surface area contributed by atoms with Crippen molar-refractivity contribution >= 4 is 33.9 Å². The number of piperidine rings is 1. The summed E-state index contributed by atoms with van der Waals surface area (Å²) in [5.74, 6) is 0. The fourth-order valence-electron chi connectivity index (χ4n) is 3.43. The Kier molecular flexibility index (Phi) is 6.34. The molecule has 9 heteroatoms. The van der Waals surface area contributed by atoms with Crippen molar-refractivity contribution < 1.29 is 0 Å². The number of hydrogen-bond acceptors (Lipinski definition) is 9. The van der Waals surface area contributed by atoms with Gasteiger partial charge in [0.1, 0.15) is 11.8 Å². The van der Waals surface area contributed by atoms with Gasteiger partial charge in [-0.3, -0.25) is 4.90 Å². The van der Waals surface area contributed by atoms with Crippen LogP contribution >= 0.6 is 23.1 Å². The van der Waals surface area contributed by atoms with Gasteiger partial charge >= 0.3 is 0 Å². The lowest BCUT2D eigenvalue weighted by Crippen LogP contribution is -2.33. The van der Waals surface area contributed by atoms with Crippen LogP contribution in [0.5, 0.6) is 0 Å². The molecule has 1 aliphatic heterocycles. The molecule has 3 aromatic heterocycles. The molecule has 1 atom stereocenters. The van der Waals surface area contributed by atoms with Crippen LogP contribution in [0.1, 0.15) is 42.3 Å². The zero-order valence-corrected chi connectivity index (χ0v) is 17.7. The molecule has 1 N–H and O–H groups in total. The van der Waals surface area contributed by atoms with Gasteiger partial charge < -0.3 is 5.32 Å². The lowest BCUT2D eigenvalue weighted by molar-refractivity contribution is 0.137. The molecule has 1 fully saturated rings. The van der Waals surface area contributed by atoms with Crippen molar-refractivity contribution in [3.63, 3.8) is 0 Å². The molecule has 0 aromatic carbocycles. The first-order valence-electron chi connectivity index (χ1n) is 9.42. The van der Waals surface area contributed by atoms with E-state index in [9.17, 15) is 0 Å². The first-order valence-corrected chi connectivity index (χ1v) is 11.5. The summed E-state index contributed by atoms with van der Waals surface area (Å²) in [6, 6.07) is 5.87. The van der Waals surface area contributed by atoms with E-state index in [2.05, 4.69) is 30.5 Å². The van der Waals surface area contributed by atoms with Gasteiger partial charge in [0.2, 0.25) is 0 Å². The van der Waals surface area contributed by atoms with E-state index in [1.807, 2.05) is 30.8 Å². The van der Waals surface area contributed by atoms with Gasteiger partial charge in [-0.15, -0.1) is 11.3 Å². The highest BCUT2D eigenvalue weighted by molar-refractivity contribution is 7.98. The maximum atomic E-state index is 8.87. The minimum atomic E-state index is 0.301. The second-order valence-corrected chi connectivity index (χ2v) is 8.44. The third-order valence-electron chi connectivity index (χ3n) is 4.86. The fraction of sp³-hybridized carbons (Fsp3) is 0.350. The van der Waals surface area contributed by atoms with Crippen molar-refractivity contribution in [2.75, 3.05) is 18.1 Å². The first kappa shape index (κ1) is 19.8. The molecule has 3 aromatic rings. The van der Waals surface area contributed by atoms with E-state index in [4.69, 9.17) is 10.2 Å². The highest BCUT2D eigenvalue weighted by atomic mass is 32.2. The molecule has 148 valence electrons. The summed E-state index contributed by atoms with van der Waals surface area (Å²) in [6.45, 7) is 1.88. The molecule has 7 nitrogen and oxygen atoms in total. The number of rotatable bonds is 6. The minimum Gasteiger partial charge on any atom is -0.330 e. The van der Waals surface area contributed by atoms with Gasteiger partial charge in [-0.1, -0.05) is 18.2 Å². The lowest BCUT2D eigenvalue weighted by Gasteiger charge is -2.34. The van der Waals surface area contributed by atoms with E-state index in [0.717, 1.165) is 46.7 Å². The summed E-state index contributed by atoms with van der Waals surface area (Å²) in [5, 5.41) is 15.9. The average molecular weight is 424 g/mol. The fourth-order valence-corrected chi connectivity index (χ4v) is 4.53. The average Bonchev–Trinajstić information content (AvgIpc) is 3.23. The van der Waals surface area contributed by atoms with Crippen molar-refractivity contribution in [2.45, 2.75) is 37.0 Å². The Morgan fingerprint density at radius 2 is 2.10 bits per heavy atom. The molecule has 0 spiro atoms. The zero-order valence-electron chi connectivity index (χ0n) is 16.1. The highest BCUT2D eigenvalue weighted by Gasteiger charge is 2.26. The van der Waals surface area contributed by atoms with E-state index in [-0.39, 0.29) is 0 Å². The summed E-state index contributed by atoms with van der Waals surface area (Å²) in [7, 11) is 0. The van der Waals surface area contributed by atoms with Crippen LogP contribution in [0.2, 0.25) is 0 Å². The summed E-state index contributed by atoms with van der Waals surface area (Å²) in [4.78, 5) is 20.2. The topological polar surface area (TPSA) is 90.6 Å². The van der Waals surface area contributed by atoms with Crippen LogP contribution in [0.4, 0.5) is 10.8 Å². The van der Waals surface area contributed by atoms with Crippen molar-refractivity contribution in [1.82, 2.24) is 24.8 Å². The Balaban J connectivity index is 1.45. The number of aromatic nitrogens is 4. The number of likely N-dealkylation sites (tertiary alicyclic amines) is 1.